The second kappa shape index (κ2) is 6.72. The predicted molar refractivity (Wildman–Crippen MR) is 95.0 cm³/mol. The minimum Gasteiger partial charge on any atom is -0.273 e. The van der Waals surface area contributed by atoms with Crippen molar-refractivity contribution in [2.24, 2.45) is 0 Å². The summed E-state index contributed by atoms with van der Waals surface area (Å²) in [6, 6.07) is 8.36. The van der Waals surface area contributed by atoms with Gasteiger partial charge >= 0.3 is 0 Å². The fourth-order valence-corrected chi connectivity index (χ4v) is 5.04. The molecule has 0 aliphatic carbocycles. The van der Waals surface area contributed by atoms with E-state index in [9.17, 15) is 13.2 Å². The molecule has 6 nitrogen and oxygen atoms in total. The molecule has 1 aromatic heterocycles. The van der Waals surface area contributed by atoms with E-state index in [2.05, 4.69) is 5.10 Å². The highest BCUT2D eigenvalue weighted by molar-refractivity contribution is 7.89. The Balaban J connectivity index is 1.81. The van der Waals surface area contributed by atoms with Gasteiger partial charge in [-0.05, 0) is 51.8 Å². The highest BCUT2D eigenvalue weighted by Gasteiger charge is 2.36. The average Bonchev–Trinajstić information content (AvgIpc) is 3.14. The molecule has 1 fully saturated rings. The Morgan fingerprint density at radius 1 is 1.20 bits per heavy atom. The van der Waals surface area contributed by atoms with Crippen molar-refractivity contribution in [3.8, 4) is 0 Å². The first-order valence-corrected chi connectivity index (χ1v) is 9.88. The molecule has 0 saturated carbocycles. The number of hydrogen-bond donors (Lipinski definition) is 0. The lowest BCUT2D eigenvalue weighted by molar-refractivity contribution is 0.0861. The molecule has 0 unspecified atom stereocenters. The van der Waals surface area contributed by atoms with Crippen LogP contribution in [0.1, 0.15) is 41.0 Å². The van der Waals surface area contributed by atoms with Crippen molar-refractivity contribution in [3.05, 3.63) is 47.3 Å². The lowest BCUT2D eigenvalue weighted by Crippen LogP contribution is -2.37. The number of aryl methyl sites for hydroxylation is 3. The summed E-state index contributed by atoms with van der Waals surface area (Å²) in [5.74, 6) is -0.165. The van der Waals surface area contributed by atoms with E-state index in [0.717, 1.165) is 23.4 Å². The Morgan fingerprint density at radius 3 is 2.48 bits per heavy atom. The third-order valence-electron chi connectivity index (χ3n) is 4.61. The van der Waals surface area contributed by atoms with Gasteiger partial charge in [-0.1, -0.05) is 17.7 Å². The van der Waals surface area contributed by atoms with Gasteiger partial charge in [-0.2, -0.15) is 9.40 Å². The van der Waals surface area contributed by atoms with Crippen LogP contribution in [0.5, 0.6) is 0 Å². The number of hydrogen-bond acceptors (Lipinski definition) is 4. The van der Waals surface area contributed by atoms with Gasteiger partial charge in [0.2, 0.25) is 15.9 Å². The van der Waals surface area contributed by atoms with Crippen LogP contribution in [-0.2, 0) is 10.0 Å². The molecule has 0 spiro atoms. The lowest BCUT2D eigenvalue weighted by Gasteiger charge is -2.23. The maximum absolute atomic E-state index is 12.9. The number of sulfonamides is 1. The summed E-state index contributed by atoms with van der Waals surface area (Å²) in [6.07, 6.45) is 1.60. The van der Waals surface area contributed by atoms with E-state index in [-0.39, 0.29) is 23.3 Å². The molecule has 1 atom stereocenters. The molecule has 7 heteroatoms. The van der Waals surface area contributed by atoms with Crippen molar-refractivity contribution < 1.29 is 13.2 Å². The van der Waals surface area contributed by atoms with Crippen LogP contribution in [0.4, 0.5) is 0 Å². The SMILES string of the molecule is Cc1ccc(S(=O)(=O)N2CCC[C@H]2CC(=O)n2nc(C)cc2C)cc1. The molecule has 134 valence electrons. The molecular formula is C18H23N3O3S. The van der Waals surface area contributed by atoms with E-state index in [4.69, 9.17) is 0 Å². The molecule has 0 amide bonds. The maximum Gasteiger partial charge on any atom is 0.248 e. The number of nitrogens with zero attached hydrogens (tertiary/aromatic N) is 3. The van der Waals surface area contributed by atoms with Crippen molar-refractivity contribution in [2.75, 3.05) is 6.54 Å². The number of carbonyl (C=O) groups excluding carboxylic acids is 1. The van der Waals surface area contributed by atoms with Gasteiger partial charge in [-0.25, -0.2) is 13.1 Å². The first-order valence-electron chi connectivity index (χ1n) is 8.44. The van der Waals surface area contributed by atoms with Crippen LogP contribution in [0, 0.1) is 20.8 Å². The molecule has 0 radical (unpaired) electrons. The first-order chi connectivity index (χ1) is 11.8. The minimum absolute atomic E-state index is 0.146. The van der Waals surface area contributed by atoms with E-state index in [1.807, 2.05) is 26.8 Å². The Morgan fingerprint density at radius 2 is 1.88 bits per heavy atom. The topological polar surface area (TPSA) is 72.3 Å². The van der Waals surface area contributed by atoms with Crippen molar-refractivity contribution in [1.29, 1.82) is 0 Å². The number of rotatable bonds is 4. The van der Waals surface area contributed by atoms with E-state index >= 15 is 0 Å². The van der Waals surface area contributed by atoms with Crippen LogP contribution in [0.25, 0.3) is 0 Å². The Bertz CT molecular complexity index is 885. The van der Waals surface area contributed by atoms with Crippen LogP contribution >= 0.6 is 0 Å². The molecule has 0 N–H and O–H groups in total. The minimum atomic E-state index is -3.59. The smallest absolute Gasteiger partial charge is 0.248 e. The molecule has 0 bridgehead atoms. The van der Waals surface area contributed by atoms with E-state index in [1.165, 1.54) is 8.99 Å². The first kappa shape index (κ1) is 17.8. The molecule has 1 saturated heterocycles. The zero-order valence-electron chi connectivity index (χ0n) is 14.8. The quantitative estimate of drug-likeness (QED) is 0.839. The fraction of sp³-hybridized carbons (Fsp3) is 0.444. The predicted octanol–water partition coefficient (Wildman–Crippen LogP) is 2.69. The molecule has 2 aromatic rings. The van der Waals surface area contributed by atoms with Crippen molar-refractivity contribution in [2.45, 2.75) is 51.0 Å². The normalized spacial score (nSPS) is 18.6. The number of benzene rings is 1. The van der Waals surface area contributed by atoms with Gasteiger partial charge in [0.25, 0.3) is 0 Å². The van der Waals surface area contributed by atoms with Crippen LogP contribution in [0.3, 0.4) is 0 Å². The molecule has 1 aliphatic heterocycles. The monoisotopic (exact) mass is 361 g/mol. The second-order valence-corrected chi connectivity index (χ2v) is 8.55. The summed E-state index contributed by atoms with van der Waals surface area (Å²) in [6.45, 7) is 6.03. The number of carbonyl (C=O) groups is 1. The molecule has 1 aromatic carbocycles. The molecule has 3 rings (SSSR count). The summed E-state index contributed by atoms with van der Waals surface area (Å²) in [5, 5.41) is 4.21. The lowest BCUT2D eigenvalue weighted by atomic mass is 10.1. The average molecular weight is 361 g/mol. The van der Waals surface area contributed by atoms with Gasteiger partial charge in [0, 0.05) is 24.7 Å². The van der Waals surface area contributed by atoms with Crippen molar-refractivity contribution in [3.63, 3.8) is 0 Å². The van der Waals surface area contributed by atoms with Gasteiger partial charge in [-0.15, -0.1) is 0 Å². The Hall–Kier alpha value is -1.99. The third kappa shape index (κ3) is 3.52. The zero-order valence-corrected chi connectivity index (χ0v) is 15.6. The summed E-state index contributed by atoms with van der Waals surface area (Å²) >= 11 is 0. The molecule has 2 heterocycles. The summed E-state index contributed by atoms with van der Waals surface area (Å²) in [5.41, 5.74) is 2.56. The Kier molecular flexibility index (Phi) is 4.79. The standard InChI is InChI=1S/C18H23N3O3S/c1-13-6-8-17(9-7-13)25(23,24)20-10-4-5-16(20)12-18(22)21-15(3)11-14(2)19-21/h6-9,11,16H,4-5,10,12H2,1-3H3/t16-/m0/s1. The second-order valence-electron chi connectivity index (χ2n) is 6.66. The molecule has 25 heavy (non-hydrogen) atoms. The van der Waals surface area contributed by atoms with Gasteiger partial charge in [0.1, 0.15) is 0 Å². The third-order valence-corrected chi connectivity index (χ3v) is 6.57. The van der Waals surface area contributed by atoms with Gasteiger partial charge in [0.15, 0.2) is 0 Å². The van der Waals surface area contributed by atoms with Crippen LogP contribution in [0.15, 0.2) is 35.2 Å². The number of aromatic nitrogens is 2. The van der Waals surface area contributed by atoms with Gasteiger partial charge in [0.05, 0.1) is 10.6 Å². The maximum atomic E-state index is 12.9. The van der Waals surface area contributed by atoms with Gasteiger partial charge < -0.3 is 0 Å². The summed E-state index contributed by atoms with van der Waals surface area (Å²) in [4.78, 5) is 12.8. The van der Waals surface area contributed by atoms with Crippen molar-refractivity contribution >= 4 is 15.9 Å². The highest BCUT2D eigenvalue weighted by Crippen LogP contribution is 2.28. The van der Waals surface area contributed by atoms with E-state index in [1.54, 1.807) is 24.3 Å². The molecular weight excluding hydrogens is 338 g/mol. The summed E-state index contributed by atoms with van der Waals surface area (Å²) < 4.78 is 28.7. The summed E-state index contributed by atoms with van der Waals surface area (Å²) in [7, 11) is -3.59. The van der Waals surface area contributed by atoms with E-state index in [0.29, 0.717) is 13.0 Å². The van der Waals surface area contributed by atoms with Crippen molar-refractivity contribution in [1.82, 2.24) is 14.1 Å². The highest BCUT2D eigenvalue weighted by atomic mass is 32.2. The largest absolute Gasteiger partial charge is 0.273 e. The Labute approximate surface area is 148 Å². The van der Waals surface area contributed by atoms with Crippen LogP contribution < -0.4 is 0 Å². The van der Waals surface area contributed by atoms with Gasteiger partial charge in [-0.3, -0.25) is 4.79 Å². The van der Waals surface area contributed by atoms with E-state index < -0.39 is 10.0 Å². The molecule has 1 aliphatic rings. The zero-order chi connectivity index (χ0) is 18.2. The fourth-order valence-electron chi connectivity index (χ4n) is 3.34. The van der Waals surface area contributed by atoms with Crippen LogP contribution in [-0.4, -0.2) is 41.0 Å². The van der Waals surface area contributed by atoms with Crippen LogP contribution in [0.2, 0.25) is 0 Å².